The Hall–Kier alpha value is -2.36. The lowest BCUT2D eigenvalue weighted by atomic mass is 10.2. The van der Waals surface area contributed by atoms with Gasteiger partial charge in [-0.1, -0.05) is 18.2 Å². The highest BCUT2D eigenvalue weighted by molar-refractivity contribution is 5.57. The Labute approximate surface area is 93.6 Å². The lowest BCUT2D eigenvalue weighted by molar-refractivity contribution is 0.239. The number of rotatable bonds is 0. The Morgan fingerprint density at radius 2 is 1.62 bits per heavy atom. The van der Waals surface area contributed by atoms with E-state index in [-0.39, 0.29) is 0 Å². The van der Waals surface area contributed by atoms with E-state index >= 15 is 0 Å². The van der Waals surface area contributed by atoms with Crippen LogP contribution in [0.1, 0.15) is 5.56 Å². The Morgan fingerprint density at radius 1 is 0.938 bits per heavy atom. The second-order valence-corrected chi connectivity index (χ2v) is 2.99. The van der Waals surface area contributed by atoms with Gasteiger partial charge < -0.3 is 4.84 Å². The molecule has 0 amide bonds. The number of hydroxylamine groups is 1. The van der Waals surface area contributed by atoms with Crippen molar-refractivity contribution in [1.29, 1.82) is 0 Å². The summed E-state index contributed by atoms with van der Waals surface area (Å²) < 4.78 is 0. The van der Waals surface area contributed by atoms with E-state index in [1.807, 2.05) is 30.3 Å². The maximum Gasteiger partial charge on any atom is 0.162 e. The van der Waals surface area contributed by atoms with Crippen LogP contribution >= 0.6 is 0 Å². The Morgan fingerprint density at radius 3 is 2.25 bits per heavy atom. The number of benzene rings is 1. The van der Waals surface area contributed by atoms with Gasteiger partial charge in [-0.2, -0.15) is 0 Å². The Bertz CT molecular complexity index is 430. The molecule has 1 N–H and O–H groups in total. The SMILES string of the molecule is C1=Cc2ccccc2ON1.c1cnccn1. The molecule has 0 saturated heterocycles. The first-order chi connectivity index (χ1) is 7.97. The number of nitrogens with one attached hydrogen (secondary N) is 1. The molecule has 16 heavy (non-hydrogen) atoms. The van der Waals surface area contributed by atoms with Crippen LogP contribution in [0.4, 0.5) is 0 Å². The summed E-state index contributed by atoms with van der Waals surface area (Å²) in [6.45, 7) is 0. The van der Waals surface area contributed by atoms with Crippen LogP contribution in [0, 0.1) is 0 Å². The minimum absolute atomic E-state index is 0.880. The lowest BCUT2D eigenvalue weighted by Gasteiger charge is -2.11. The molecule has 0 bridgehead atoms. The van der Waals surface area contributed by atoms with E-state index in [1.54, 1.807) is 31.0 Å². The van der Waals surface area contributed by atoms with Crippen molar-refractivity contribution in [2.45, 2.75) is 0 Å². The van der Waals surface area contributed by atoms with Crippen LogP contribution in [0.25, 0.3) is 6.08 Å². The fourth-order valence-corrected chi connectivity index (χ4v) is 1.19. The van der Waals surface area contributed by atoms with Crippen LogP contribution in [0.3, 0.4) is 0 Å². The van der Waals surface area contributed by atoms with Crippen molar-refractivity contribution < 1.29 is 4.84 Å². The minimum atomic E-state index is 0.880. The first-order valence-electron chi connectivity index (χ1n) is 4.85. The molecule has 0 radical (unpaired) electrons. The molecule has 1 aliphatic heterocycles. The molecule has 80 valence electrons. The zero-order chi connectivity index (χ0) is 11.1. The van der Waals surface area contributed by atoms with Gasteiger partial charge in [-0.15, -0.1) is 0 Å². The van der Waals surface area contributed by atoms with E-state index in [0.717, 1.165) is 11.3 Å². The number of nitrogens with zero attached hydrogens (tertiary/aromatic N) is 2. The highest BCUT2D eigenvalue weighted by Crippen LogP contribution is 2.20. The van der Waals surface area contributed by atoms with Gasteiger partial charge in [0, 0.05) is 36.6 Å². The van der Waals surface area contributed by atoms with Crippen LogP contribution in [0.2, 0.25) is 0 Å². The zero-order valence-corrected chi connectivity index (χ0v) is 8.58. The fraction of sp³-hybridized carbons (Fsp3) is 0. The second kappa shape index (κ2) is 5.50. The molecular weight excluding hydrogens is 202 g/mol. The average Bonchev–Trinajstić information content (AvgIpc) is 2.42. The van der Waals surface area contributed by atoms with E-state index in [2.05, 4.69) is 15.4 Å². The summed E-state index contributed by atoms with van der Waals surface area (Å²) in [6.07, 6.45) is 10.3. The van der Waals surface area contributed by atoms with Crippen molar-refractivity contribution in [2.24, 2.45) is 0 Å². The molecule has 0 unspecified atom stereocenters. The summed E-state index contributed by atoms with van der Waals surface area (Å²) in [5.41, 5.74) is 3.77. The van der Waals surface area contributed by atoms with Crippen molar-refractivity contribution in [2.75, 3.05) is 0 Å². The molecule has 4 heteroatoms. The predicted octanol–water partition coefficient (Wildman–Crippen LogP) is 2.03. The number of aromatic nitrogens is 2. The molecule has 0 fully saturated rings. The minimum Gasteiger partial charge on any atom is -0.382 e. The van der Waals surface area contributed by atoms with Gasteiger partial charge in [0.15, 0.2) is 5.75 Å². The molecule has 0 aliphatic carbocycles. The first-order valence-corrected chi connectivity index (χ1v) is 4.85. The smallest absolute Gasteiger partial charge is 0.162 e. The third kappa shape index (κ3) is 2.81. The molecule has 2 heterocycles. The van der Waals surface area contributed by atoms with Gasteiger partial charge in [0.2, 0.25) is 0 Å². The van der Waals surface area contributed by atoms with Crippen molar-refractivity contribution in [1.82, 2.24) is 15.4 Å². The third-order valence-corrected chi connectivity index (χ3v) is 1.90. The first kappa shape index (κ1) is 10.2. The highest BCUT2D eigenvalue weighted by atomic mass is 16.6. The van der Waals surface area contributed by atoms with Crippen molar-refractivity contribution in [3.63, 3.8) is 0 Å². The molecule has 0 atom stereocenters. The van der Waals surface area contributed by atoms with Gasteiger partial charge in [-0.05, 0) is 12.1 Å². The summed E-state index contributed by atoms with van der Waals surface area (Å²) in [5, 5.41) is 0. The monoisotopic (exact) mass is 213 g/mol. The number of hydrogen-bond acceptors (Lipinski definition) is 4. The molecule has 0 spiro atoms. The lowest BCUT2D eigenvalue weighted by Crippen LogP contribution is -2.13. The van der Waals surface area contributed by atoms with E-state index in [9.17, 15) is 0 Å². The van der Waals surface area contributed by atoms with Gasteiger partial charge >= 0.3 is 0 Å². The van der Waals surface area contributed by atoms with Gasteiger partial charge in [0.25, 0.3) is 0 Å². The molecule has 1 aromatic heterocycles. The van der Waals surface area contributed by atoms with Crippen LogP contribution in [-0.4, -0.2) is 9.97 Å². The summed E-state index contributed by atoms with van der Waals surface area (Å²) in [5.74, 6) is 0.880. The van der Waals surface area contributed by atoms with Crippen molar-refractivity contribution >= 4 is 6.08 Å². The van der Waals surface area contributed by atoms with Gasteiger partial charge in [-0.25, -0.2) is 5.48 Å². The summed E-state index contributed by atoms with van der Waals surface area (Å²) in [7, 11) is 0. The number of para-hydroxylation sites is 1. The van der Waals surface area contributed by atoms with E-state index in [1.165, 1.54) is 0 Å². The maximum atomic E-state index is 5.09. The topological polar surface area (TPSA) is 47.0 Å². The van der Waals surface area contributed by atoms with Crippen LogP contribution in [-0.2, 0) is 0 Å². The second-order valence-electron chi connectivity index (χ2n) is 2.99. The van der Waals surface area contributed by atoms with Gasteiger partial charge in [0.1, 0.15) is 0 Å². The largest absolute Gasteiger partial charge is 0.382 e. The van der Waals surface area contributed by atoms with Crippen LogP contribution < -0.4 is 10.3 Å². The summed E-state index contributed by atoms with van der Waals surface area (Å²) in [4.78, 5) is 12.5. The average molecular weight is 213 g/mol. The van der Waals surface area contributed by atoms with E-state index < -0.39 is 0 Å². The Balaban J connectivity index is 0.000000138. The van der Waals surface area contributed by atoms with Crippen molar-refractivity contribution in [3.8, 4) is 5.75 Å². The van der Waals surface area contributed by atoms with E-state index in [4.69, 9.17) is 4.84 Å². The maximum absolute atomic E-state index is 5.09. The molecule has 3 rings (SSSR count). The molecule has 4 nitrogen and oxygen atoms in total. The molecular formula is C12H11N3O. The molecule has 0 saturated carbocycles. The highest BCUT2D eigenvalue weighted by Gasteiger charge is 2.01. The normalized spacial score (nSPS) is 11.2. The Kier molecular flexibility index (Phi) is 3.50. The quantitative estimate of drug-likeness (QED) is 0.727. The van der Waals surface area contributed by atoms with Gasteiger partial charge in [0.05, 0.1) is 0 Å². The zero-order valence-electron chi connectivity index (χ0n) is 8.58. The molecule has 1 aromatic carbocycles. The number of hydrogen-bond donors (Lipinski definition) is 1. The predicted molar refractivity (Wildman–Crippen MR) is 61.3 cm³/mol. The standard InChI is InChI=1S/C8H7NO.C4H4N2/c1-2-4-8-7(3-1)5-6-9-10-8;1-2-6-4-3-5-1/h1-6,9H;1-4H. The third-order valence-electron chi connectivity index (χ3n) is 1.90. The van der Waals surface area contributed by atoms with E-state index in [0.29, 0.717) is 0 Å². The van der Waals surface area contributed by atoms with Gasteiger partial charge in [-0.3, -0.25) is 9.97 Å². The molecule has 1 aliphatic rings. The summed E-state index contributed by atoms with van der Waals surface area (Å²) >= 11 is 0. The van der Waals surface area contributed by atoms with Crippen LogP contribution in [0.5, 0.6) is 5.75 Å². The van der Waals surface area contributed by atoms with Crippen LogP contribution in [0.15, 0.2) is 55.3 Å². The summed E-state index contributed by atoms with van der Waals surface area (Å²) in [6, 6.07) is 7.86. The fourth-order valence-electron chi connectivity index (χ4n) is 1.19. The van der Waals surface area contributed by atoms with Crippen molar-refractivity contribution in [3.05, 3.63) is 60.8 Å². The number of fused-ring (bicyclic) bond motifs is 1. The molecule has 2 aromatic rings.